The molecule has 2 aromatic rings. The number of hydrogen-bond donors (Lipinski definition) is 1. The average Bonchev–Trinajstić information content (AvgIpc) is 2.39. The van der Waals surface area contributed by atoms with E-state index in [2.05, 4.69) is 35.5 Å². The molecule has 0 bridgehead atoms. The number of fused-ring (bicyclic) bond motifs is 1. The van der Waals surface area contributed by atoms with Crippen LogP contribution in [-0.2, 0) is 6.42 Å². The highest BCUT2D eigenvalue weighted by Crippen LogP contribution is 2.30. The van der Waals surface area contributed by atoms with Gasteiger partial charge in [-0.3, -0.25) is 0 Å². The molecular formula is C16H17ClN2. The van der Waals surface area contributed by atoms with Crippen LogP contribution in [0.1, 0.15) is 12.0 Å². The van der Waals surface area contributed by atoms with Crippen molar-refractivity contribution in [3.8, 4) is 0 Å². The van der Waals surface area contributed by atoms with Gasteiger partial charge in [0.15, 0.2) is 0 Å². The van der Waals surface area contributed by atoms with Gasteiger partial charge in [0.1, 0.15) is 0 Å². The minimum absolute atomic E-state index is 0.752. The van der Waals surface area contributed by atoms with E-state index in [1.807, 2.05) is 24.3 Å². The zero-order valence-corrected chi connectivity index (χ0v) is 11.7. The van der Waals surface area contributed by atoms with E-state index < -0.39 is 0 Å². The van der Waals surface area contributed by atoms with Crippen molar-refractivity contribution in [2.24, 2.45) is 0 Å². The highest BCUT2D eigenvalue weighted by atomic mass is 35.5. The normalized spacial score (nSPS) is 14.1. The Kier molecular flexibility index (Phi) is 3.34. The molecule has 0 atom stereocenters. The lowest BCUT2D eigenvalue weighted by atomic mass is 10.0. The van der Waals surface area contributed by atoms with Crippen molar-refractivity contribution in [1.82, 2.24) is 0 Å². The fourth-order valence-corrected chi connectivity index (χ4v) is 2.79. The van der Waals surface area contributed by atoms with Gasteiger partial charge >= 0.3 is 0 Å². The summed E-state index contributed by atoms with van der Waals surface area (Å²) >= 11 is 6.00. The topological polar surface area (TPSA) is 15.3 Å². The maximum atomic E-state index is 6.00. The first-order valence-electron chi connectivity index (χ1n) is 6.59. The standard InChI is InChI=1S/C16H17ClN2/c1-19-9-3-4-12-10-15(7-8-16(12)19)18-14-6-2-5-13(17)11-14/h2,5-8,10-11,18H,3-4,9H2,1H3. The van der Waals surface area contributed by atoms with E-state index in [-0.39, 0.29) is 0 Å². The molecule has 0 amide bonds. The Morgan fingerprint density at radius 1 is 1.11 bits per heavy atom. The second-order valence-corrected chi connectivity index (χ2v) is 5.44. The molecule has 0 unspecified atom stereocenters. The number of nitrogens with one attached hydrogen (secondary N) is 1. The number of halogens is 1. The molecule has 0 saturated carbocycles. The van der Waals surface area contributed by atoms with Crippen LogP contribution in [0.3, 0.4) is 0 Å². The third kappa shape index (κ3) is 2.69. The first-order chi connectivity index (χ1) is 9.22. The summed E-state index contributed by atoms with van der Waals surface area (Å²) in [5, 5.41) is 4.16. The van der Waals surface area contributed by atoms with Crippen LogP contribution in [0.15, 0.2) is 42.5 Å². The lowest BCUT2D eigenvalue weighted by Gasteiger charge is -2.28. The Bertz CT molecular complexity index is 595. The molecule has 3 rings (SSSR count). The summed E-state index contributed by atoms with van der Waals surface area (Å²) < 4.78 is 0. The minimum atomic E-state index is 0.752. The van der Waals surface area contributed by atoms with Gasteiger partial charge in [-0.05, 0) is 54.8 Å². The zero-order valence-electron chi connectivity index (χ0n) is 11.0. The molecule has 2 nitrogen and oxygen atoms in total. The van der Waals surface area contributed by atoms with Crippen molar-refractivity contribution >= 4 is 28.7 Å². The molecular weight excluding hydrogens is 256 g/mol. The van der Waals surface area contributed by atoms with E-state index in [4.69, 9.17) is 11.6 Å². The second-order valence-electron chi connectivity index (χ2n) is 5.00. The van der Waals surface area contributed by atoms with Crippen LogP contribution in [-0.4, -0.2) is 13.6 Å². The zero-order chi connectivity index (χ0) is 13.2. The van der Waals surface area contributed by atoms with Crippen molar-refractivity contribution in [3.63, 3.8) is 0 Å². The Labute approximate surface area is 119 Å². The number of anilines is 3. The first kappa shape index (κ1) is 12.4. The molecule has 0 fully saturated rings. The van der Waals surface area contributed by atoms with E-state index in [9.17, 15) is 0 Å². The van der Waals surface area contributed by atoms with Gasteiger partial charge in [-0.2, -0.15) is 0 Å². The number of hydrogen-bond acceptors (Lipinski definition) is 2. The van der Waals surface area contributed by atoms with Gasteiger partial charge in [0.05, 0.1) is 0 Å². The minimum Gasteiger partial charge on any atom is -0.374 e. The molecule has 3 heteroatoms. The third-order valence-electron chi connectivity index (χ3n) is 3.54. The Morgan fingerprint density at radius 2 is 1.95 bits per heavy atom. The van der Waals surface area contributed by atoms with E-state index in [0.29, 0.717) is 0 Å². The van der Waals surface area contributed by atoms with Gasteiger partial charge in [0, 0.05) is 35.7 Å². The summed E-state index contributed by atoms with van der Waals surface area (Å²) in [4.78, 5) is 2.32. The lowest BCUT2D eigenvalue weighted by molar-refractivity contribution is 0.745. The number of rotatable bonds is 2. The fraction of sp³-hybridized carbons (Fsp3) is 0.250. The summed E-state index contributed by atoms with van der Waals surface area (Å²) in [6.45, 7) is 1.15. The average molecular weight is 273 g/mol. The molecule has 1 aliphatic rings. The summed E-state index contributed by atoms with van der Waals surface area (Å²) in [6.07, 6.45) is 2.38. The molecule has 1 N–H and O–H groups in total. The van der Waals surface area contributed by atoms with Gasteiger partial charge in [-0.15, -0.1) is 0 Å². The second kappa shape index (κ2) is 5.14. The predicted molar refractivity (Wildman–Crippen MR) is 82.8 cm³/mol. The summed E-state index contributed by atoms with van der Waals surface area (Å²) in [5.41, 5.74) is 4.91. The molecule has 98 valence electrons. The van der Waals surface area contributed by atoms with Gasteiger partial charge in [-0.1, -0.05) is 17.7 Å². The highest BCUT2D eigenvalue weighted by Gasteiger charge is 2.13. The quantitative estimate of drug-likeness (QED) is 0.868. The van der Waals surface area contributed by atoms with E-state index in [1.165, 1.54) is 17.7 Å². The summed E-state index contributed by atoms with van der Waals surface area (Å²) in [5.74, 6) is 0. The largest absolute Gasteiger partial charge is 0.374 e. The molecule has 19 heavy (non-hydrogen) atoms. The predicted octanol–water partition coefficient (Wildman–Crippen LogP) is 4.47. The van der Waals surface area contributed by atoms with Gasteiger partial charge in [-0.25, -0.2) is 0 Å². The Hall–Kier alpha value is -1.67. The number of nitrogens with zero attached hydrogens (tertiary/aromatic N) is 1. The molecule has 1 heterocycles. The van der Waals surface area contributed by atoms with Gasteiger partial charge in [0.25, 0.3) is 0 Å². The molecule has 0 radical (unpaired) electrons. The lowest BCUT2D eigenvalue weighted by Crippen LogP contribution is -2.24. The maximum Gasteiger partial charge on any atom is 0.0426 e. The smallest absolute Gasteiger partial charge is 0.0426 e. The third-order valence-corrected chi connectivity index (χ3v) is 3.78. The van der Waals surface area contributed by atoms with Crippen LogP contribution in [0.5, 0.6) is 0 Å². The first-order valence-corrected chi connectivity index (χ1v) is 6.97. The van der Waals surface area contributed by atoms with Crippen molar-refractivity contribution < 1.29 is 0 Å². The molecule has 0 aliphatic carbocycles. The molecule has 0 aromatic heterocycles. The SMILES string of the molecule is CN1CCCc2cc(Nc3cccc(Cl)c3)ccc21. The van der Waals surface area contributed by atoms with Crippen molar-refractivity contribution in [3.05, 3.63) is 53.1 Å². The molecule has 2 aromatic carbocycles. The van der Waals surface area contributed by atoms with Gasteiger partial charge in [0.2, 0.25) is 0 Å². The van der Waals surface area contributed by atoms with Gasteiger partial charge < -0.3 is 10.2 Å². The van der Waals surface area contributed by atoms with E-state index in [1.54, 1.807) is 0 Å². The molecule has 0 spiro atoms. The highest BCUT2D eigenvalue weighted by molar-refractivity contribution is 6.30. The maximum absolute atomic E-state index is 6.00. The number of benzene rings is 2. The van der Waals surface area contributed by atoms with Crippen molar-refractivity contribution in [1.29, 1.82) is 0 Å². The monoisotopic (exact) mass is 272 g/mol. The summed E-state index contributed by atoms with van der Waals surface area (Å²) in [7, 11) is 2.15. The fourth-order valence-electron chi connectivity index (χ4n) is 2.60. The van der Waals surface area contributed by atoms with Crippen LogP contribution in [0.4, 0.5) is 17.1 Å². The van der Waals surface area contributed by atoms with Crippen LogP contribution < -0.4 is 10.2 Å². The van der Waals surface area contributed by atoms with Crippen LogP contribution in [0.25, 0.3) is 0 Å². The Morgan fingerprint density at radius 3 is 2.79 bits per heavy atom. The van der Waals surface area contributed by atoms with E-state index in [0.717, 1.165) is 29.4 Å². The van der Waals surface area contributed by atoms with E-state index >= 15 is 0 Å². The van der Waals surface area contributed by atoms with Crippen molar-refractivity contribution in [2.75, 3.05) is 23.8 Å². The summed E-state index contributed by atoms with van der Waals surface area (Å²) in [6, 6.07) is 14.4. The van der Waals surface area contributed by atoms with Crippen LogP contribution in [0.2, 0.25) is 5.02 Å². The van der Waals surface area contributed by atoms with Crippen LogP contribution in [0, 0.1) is 0 Å². The molecule has 1 aliphatic heterocycles. The van der Waals surface area contributed by atoms with Crippen molar-refractivity contribution in [2.45, 2.75) is 12.8 Å². The molecule has 0 saturated heterocycles. The number of aryl methyl sites for hydroxylation is 1. The van der Waals surface area contributed by atoms with Crippen LogP contribution >= 0.6 is 11.6 Å². The Balaban J connectivity index is 1.86.